The Bertz CT molecular complexity index is 1160. The Morgan fingerprint density at radius 2 is 1.71 bits per heavy atom. The summed E-state index contributed by atoms with van der Waals surface area (Å²) < 4.78 is 17.2. The van der Waals surface area contributed by atoms with Crippen LogP contribution in [0.2, 0.25) is 0 Å². The van der Waals surface area contributed by atoms with Crippen molar-refractivity contribution in [1.29, 1.82) is 0 Å². The van der Waals surface area contributed by atoms with Crippen LogP contribution in [-0.2, 0) is 4.74 Å². The van der Waals surface area contributed by atoms with Crippen LogP contribution in [0, 0.1) is 0 Å². The first-order valence-corrected chi connectivity index (χ1v) is 9.88. The van der Waals surface area contributed by atoms with E-state index in [-0.39, 0.29) is 24.8 Å². The quantitative estimate of drug-likeness (QED) is 0.430. The van der Waals surface area contributed by atoms with Gasteiger partial charge in [-0.3, -0.25) is 4.90 Å². The largest absolute Gasteiger partial charge is 0.492 e. The number of hydrogen-bond acceptors (Lipinski definition) is 6. The number of nitrogen functional groups attached to an aromatic ring is 1. The highest BCUT2D eigenvalue weighted by atomic mass is 35.5. The zero-order valence-electron chi connectivity index (χ0n) is 17.0. The summed E-state index contributed by atoms with van der Waals surface area (Å²) in [5.41, 5.74) is 8.94. The van der Waals surface area contributed by atoms with Gasteiger partial charge in [-0.25, -0.2) is 4.98 Å². The Morgan fingerprint density at radius 1 is 0.935 bits per heavy atom. The van der Waals surface area contributed by atoms with Gasteiger partial charge in [-0.15, -0.1) is 24.8 Å². The first kappa shape index (κ1) is 23.2. The molecule has 1 aliphatic rings. The van der Waals surface area contributed by atoms with Crippen LogP contribution in [0.1, 0.15) is 0 Å². The summed E-state index contributed by atoms with van der Waals surface area (Å²) in [6, 6.07) is 17.8. The Kier molecular flexibility index (Phi) is 7.62. The van der Waals surface area contributed by atoms with Gasteiger partial charge in [0.25, 0.3) is 0 Å². The lowest BCUT2D eigenvalue weighted by Crippen LogP contribution is -2.38. The molecular weight excluding hydrogens is 437 g/mol. The maximum absolute atomic E-state index is 5.96. The third-order valence-electron chi connectivity index (χ3n) is 5.25. The minimum Gasteiger partial charge on any atom is -0.492 e. The molecule has 8 heteroatoms. The molecule has 1 saturated heterocycles. The normalized spacial score (nSPS) is 14.2. The van der Waals surface area contributed by atoms with Crippen molar-refractivity contribution < 1.29 is 13.9 Å². The van der Waals surface area contributed by atoms with E-state index in [1.54, 1.807) is 6.07 Å². The molecule has 1 aliphatic heterocycles. The molecule has 0 aliphatic carbocycles. The number of nitrogens with two attached hydrogens (primary N) is 1. The molecule has 31 heavy (non-hydrogen) atoms. The van der Waals surface area contributed by atoms with Gasteiger partial charge in [0.15, 0.2) is 5.58 Å². The fraction of sp³-hybridized carbons (Fsp3) is 0.261. The van der Waals surface area contributed by atoms with Crippen LogP contribution in [0.4, 0.5) is 5.69 Å². The van der Waals surface area contributed by atoms with Gasteiger partial charge in [0.2, 0.25) is 5.89 Å². The van der Waals surface area contributed by atoms with Crippen molar-refractivity contribution in [2.75, 3.05) is 45.2 Å². The van der Waals surface area contributed by atoms with E-state index in [2.05, 4.69) is 34.1 Å². The minimum absolute atomic E-state index is 0. The number of rotatable bonds is 5. The standard InChI is InChI=1S/C23H23N3O3.2ClH/c24-19-4-6-21-22(15-19)29-23(25-21)18-2-1-17-14-20(5-3-16(17)13-18)28-12-9-26-7-10-27-11-8-26;;/h1-6,13-15H,7-12,24H2;2*1H. The number of ether oxygens (including phenoxy) is 2. The molecular formula is C23H25Cl2N3O3. The molecule has 0 saturated carbocycles. The monoisotopic (exact) mass is 461 g/mol. The van der Waals surface area contributed by atoms with E-state index in [4.69, 9.17) is 19.6 Å². The van der Waals surface area contributed by atoms with Crippen LogP contribution < -0.4 is 10.5 Å². The molecule has 3 aromatic carbocycles. The number of morpholine rings is 1. The van der Waals surface area contributed by atoms with E-state index in [0.29, 0.717) is 23.8 Å². The van der Waals surface area contributed by atoms with Crippen LogP contribution in [0.3, 0.4) is 0 Å². The highest BCUT2D eigenvalue weighted by Gasteiger charge is 2.11. The number of anilines is 1. The fourth-order valence-corrected chi connectivity index (χ4v) is 3.63. The lowest BCUT2D eigenvalue weighted by Gasteiger charge is -2.26. The molecule has 1 fully saturated rings. The summed E-state index contributed by atoms with van der Waals surface area (Å²) >= 11 is 0. The first-order chi connectivity index (χ1) is 14.2. The highest BCUT2D eigenvalue weighted by Crippen LogP contribution is 2.29. The van der Waals surface area contributed by atoms with Gasteiger partial charge in [-0.1, -0.05) is 12.1 Å². The molecule has 0 spiro atoms. The third kappa shape index (κ3) is 5.22. The van der Waals surface area contributed by atoms with Crippen molar-refractivity contribution in [1.82, 2.24) is 9.88 Å². The third-order valence-corrected chi connectivity index (χ3v) is 5.25. The Balaban J connectivity index is 0.00000136. The molecule has 164 valence electrons. The SMILES string of the molecule is Cl.Cl.Nc1ccc2nc(-c3ccc4cc(OCCN5CCOCC5)ccc4c3)oc2c1. The summed E-state index contributed by atoms with van der Waals surface area (Å²) in [6.45, 7) is 5.17. The number of fused-ring (bicyclic) bond motifs is 2. The van der Waals surface area contributed by atoms with E-state index in [0.717, 1.165) is 60.5 Å². The Labute approximate surface area is 193 Å². The smallest absolute Gasteiger partial charge is 0.227 e. The van der Waals surface area contributed by atoms with Gasteiger partial charge < -0.3 is 19.6 Å². The summed E-state index contributed by atoms with van der Waals surface area (Å²) in [6.07, 6.45) is 0. The number of nitrogens with zero attached hydrogens (tertiary/aromatic N) is 2. The Hall–Kier alpha value is -2.51. The second-order valence-electron chi connectivity index (χ2n) is 7.27. The van der Waals surface area contributed by atoms with E-state index in [1.807, 2.05) is 24.3 Å². The van der Waals surface area contributed by atoms with Gasteiger partial charge in [0, 0.05) is 37.0 Å². The van der Waals surface area contributed by atoms with Crippen LogP contribution in [0.15, 0.2) is 59.0 Å². The maximum atomic E-state index is 5.96. The van der Waals surface area contributed by atoms with Crippen LogP contribution in [0.25, 0.3) is 33.3 Å². The highest BCUT2D eigenvalue weighted by molar-refractivity contribution is 5.88. The van der Waals surface area contributed by atoms with Crippen LogP contribution in [0.5, 0.6) is 5.75 Å². The molecule has 0 atom stereocenters. The molecule has 1 aromatic heterocycles. The second-order valence-corrected chi connectivity index (χ2v) is 7.27. The van der Waals surface area contributed by atoms with E-state index in [1.165, 1.54) is 0 Å². The Morgan fingerprint density at radius 3 is 2.55 bits per heavy atom. The summed E-state index contributed by atoms with van der Waals surface area (Å²) in [5, 5.41) is 2.24. The van der Waals surface area contributed by atoms with Crippen molar-refractivity contribution in [3.63, 3.8) is 0 Å². The van der Waals surface area contributed by atoms with Crippen molar-refractivity contribution in [3.8, 4) is 17.2 Å². The number of benzene rings is 3. The lowest BCUT2D eigenvalue weighted by molar-refractivity contribution is 0.0322. The average Bonchev–Trinajstić information content (AvgIpc) is 3.17. The molecule has 4 aromatic rings. The first-order valence-electron chi connectivity index (χ1n) is 9.88. The van der Waals surface area contributed by atoms with E-state index >= 15 is 0 Å². The second kappa shape index (κ2) is 10.2. The lowest BCUT2D eigenvalue weighted by atomic mass is 10.1. The van der Waals surface area contributed by atoms with Crippen molar-refractivity contribution in [3.05, 3.63) is 54.6 Å². The molecule has 0 amide bonds. The van der Waals surface area contributed by atoms with Gasteiger partial charge in [-0.05, 0) is 47.2 Å². The number of halogens is 2. The molecule has 2 N–H and O–H groups in total. The molecule has 6 nitrogen and oxygen atoms in total. The molecule has 5 rings (SSSR count). The van der Waals surface area contributed by atoms with Gasteiger partial charge in [-0.2, -0.15) is 0 Å². The molecule has 0 unspecified atom stereocenters. The van der Waals surface area contributed by atoms with Crippen LogP contribution >= 0.6 is 24.8 Å². The average molecular weight is 462 g/mol. The van der Waals surface area contributed by atoms with E-state index in [9.17, 15) is 0 Å². The molecule has 2 heterocycles. The van der Waals surface area contributed by atoms with Gasteiger partial charge >= 0.3 is 0 Å². The maximum Gasteiger partial charge on any atom is 0.227 e. The summed E-state index contributed by atoms with van der Waals surface area (Å²) in [5.74, 6) is 1.48. The number of aromatic nitrogens is 1. The van der Waals surface area contributed by atoms with E-state index < -0.39 is 0 Å². The predicted molar refractivity (Wildman–Crippen MR) is 129 cm³/mol. The van der Waals surface area contributed by atoms with Crippen molar-refractivity contribution in [2.24, 2.45) is 0 Å². The van der Waals surface area contributed by atoms with Gasteiger partial charge in [0.1, 0.15) is 17.9 Å². The van der Waals surface area contributed by atoms with Crippen molar-refractivity contribution in [2.45, 2.75) is 0 Å². The number of oxazole rings is 1. The zero-order chi connectivity index (χ0) is 19.6. The zero-order valence-corrected chi connectivity index (χ0v) is 18.6. The topological polar surface area (TPSA) is 73.8 Å². The summed E-state index contributed by atoms with van der Waals surface area (Å²) in [4.78, 5) is 6.94. The summed E-state index contributed by atoms with van der Waals surface area (Å²) in [7, 11) is 0. The molecule has 0 radical (unpaired) electrons. The van der Waals surface area contributed by atoms with Gasteiger partial charge in [0.05, 0.1) is 13.2 Å². The molecule has 0 bridgehead atoms. The van der Waals surface area contributed by atoms with Crippen molar-refractivity contribution >= 4 is 52.4 Å². The minimum atomic E-state index is 0. The number of hydrogen-bond donors (Lipinski definition) is 1. The van der Waals surface area contributed by atoms with Crippen LogP contribution in [-0.4, -0.2) is 49.3 Å². The fourth-order valence-electron chi connectivity index (χ4n) is 3.63. The predicted octanol–water partition coefficient (Wildman–Crippen LogP) is 4.78.